The van der Waals surface area contributed by atoms with Gasteiger partial charge in [-0.25, -0.2) is 4.98 Å². The van der Waals surface area contributed by atoms with Gasteiger partial charge in [-0.15, -0.1) is 0 Å². The van der Waals surface area contributed by atoms with Crippen LogP contribution < -0.4 is 11.3 Å². The molecule has 2 aromatic carbocycles. The largest absolute Gasteiger partial charge is 0.398 e. The third-order valence-corrected chi connectivity index (χ3v) is 3.35. The molecule has 1 aromatic heterocycles. The van der Waals surface area contributed by atoms with Crippen molar-refractivity contribution in [3.05, 3.63) is 57.3 Å². The molecule has 0 saturated carbocycles. The summed E-state index contributed by atoms with van der Waals surface area (Å²) in [6.07, 6.45) is 0. The van der Waals surface area contributed by atoms with E-state index in [-0.39, 0.29) is 11.3 Å². The fraction of sp³-hybridized carbons (Fsp3) is 0.0667. The van der Waals surface area contributed by atoms with Gasteiger partial charge >= 0.3 is 0 Å². The molecular formula is C15H12ClN3O. The maximum atomic E-state index is 12.2. The van der Waals surface area contributed by atoms with Gasteiger partial charge in [0.25, 0.3) is 5.56 Å². The van der Waals surface area contributed by atoms with Crippen LogP contribution in [0.2, 0.25) is 5.02 Å². The van der Waals surface area contributed by atoms with Crippen LogP contribution in [-0.4, -0.2) is 9.97 Å². The predicted octanol–water partition coefficient (Wildman–Crippen LogP) is 3.13. The predicted molar refractivity (Wildman–Crippen MR) is 82.0 cm³/mol. The summed E-state index contributed by atoms with van der Waals surface area (Å²) in [7, 11) is 0. The third-order valence-electron chi connectivity index (χ3n) is 3.12. The van der Waals surface area contributed by atoms with Crippen molar-refractivity contribution in [2.24, 2.45) is 0 Å². The number of hydrogen-bond donors (Lipinski definition) is 2. The SMILES string of the molecule is Cc1ccc2nc(-c3cc(Cl)ccc3N)c(=O)[nH]c2c1. The Morgan fingerprint density at radius 2 is 2.00 bits per heavy atom. The lowest BCUT2D eigenvalue weighted by Gasteiger charge is -2.06. The Balaban J connectivity index is 2.31. The average Bonchev–Trinajstić information content (AvgIpc) is 2.41. The topological polar surface area (TPSA) is 71.8 Å². The Bertz CT molecular complexity index is 871. The van der Waals surface area contributed by atoms with E-state index in [1.54, 1.807) is 18.2 Å². The molecule has 0 bridgehead atoms. The van der Waals surface area contributed by atoms with Gasteiger partial charge in [0.1, 0.15) is 5.69 Å². The van der Waals surface area contributed by atoms with Gasteiger partial charge in [-0.05, 0) is 42.8 Å². The van der Waals surface area contributed by atoms with E-state index >= 15 is 0 Å². The number of benzene rings is 2. The lowest BCUT2D eigenvalue weighted by molar-refractivity contribution is 1.22. The molecule has 3 aromatic rings. The summed E-state index contributed by atoms with van der Waals surface area (Å²) in [4.78, 5) is 19.4. The van der Waals surface area contributed by atoms with Crippen LogP contribution in [0.25, 0.3) is 22.3 Å². The Morgan fingerprint density at radius 1 is 1.20 bits per heavy atom. The summed E-state index contributed by atoms with van der Waals surface area (Å²) in [6, 6.07) is 10.7. The van der Waals surface area contributed by atoms with E-state index in [1.807, 2.05) is 25.1 Å². The second-order valence-corrected chi connectivity index (χ2v) is 5.10. The molecule has 0 radical (unpaired) electrons. The monoisotopic (exact) mass is 285 g/mol. The Morgan fingerprint density at radius 3 is 2.80 bits per heavy atom. The zero-order chi connectivity index (χ0) is 14.3. The maximum Gasteiger partial charge on any atom is 0.275 e. The van der Waals surface area contributed by atoms with Crippen molar-refractivity contribution in [1.29, 1.82) is 0 Å². The zero-order valence-electron chi connectivity index (χ0n) is 10.8. The van der Waals surface area contributed by atoms with Crippen molar-refractivity contribution in [2.45, 2.75) is 6.92 Å². The molecule has 4 nitrogen and oxygen atoms in total. The number of aromatic nitrogens is 2. The minimum Gasteiger partial charge on any atom is -0.398 e. The second-order valence-electron chi connectivity index (χ2n) is 4.67. The van der Waals surface area contributed by atoms with E-state index in [0.29, 0.717) is 27.3 Å². The van der Waals surface area contributed by atoms with Crippen LogP contribution in [-0.2, 0) is 0 Å². The van der Waals surface area contributed by atoms with Crippen LogP contribution in [0.3, 0.4) is 0 Å². The molecule has 0 aliphatic rings. The molecule has 0 unspecified atom stereocenters. The van der Waals surface area contributed by atoms with Gasteiger partial charge in [-0.2, -0.15) is 0 Å². The fourth-order valence-corrected chi connectivity index (χ4v) is 2.29. The minimum atomic E-state index is -0.280. The zero-order valence-corrected chi connectivity index (χ0v) is 11.5. The molecule has 3 N–H and O–H groups in total. The lowest BCUT2D eigenvalue weighted by Crippen LogP contribution is -2.12. The molecule has 0 aliphatic carbocycles. The van der Waals surface area contributed by atoms with Crippen LogP contribution in [0.15, 0.2) is 41.2 Å². The number of anilines is 1. The number of fused-ring (bicyclic) bond motifs is 1. The third kappa shape index (κ3) is 2.14. The normalized spacial score (nSPS) is 10.9. The minimum absolute atomic E-state index is 0.279. The van der Waals surface area contributed by atoms with Crippen LogP contribution in [0.4, 0.5) is 5.69 Å². The lowest BCUT2D eigenvalue weighted by atomic mass is 10.1. The van der Waals surface area contributed by atoms with Gasteiger partial charge in [0.2, 0.25) is 0 Å². The number of nitrogens with one attached hydrogen (secondary N) is 1. The average molecular weight is 286 g/mol. The molecule has 1 heterocycles. The van der Waals surface area contributed by atoms with E-state index in [2.05, 4.69) is 9.97 Å². The number of nitrogens with zero attached hydrogens (tertiary/aromatic N) is 1. The van der Waals surface area contributed by atoms with Crippen LogP contribution in [0.1, 0.15) is 5.56 Å². The number of halogens is 1. The quantitative estimate of drug-likeness (QED) is 0.675. The van der Waals surface area contributed by atoms with Crippen molar-refractivity contribution in [3.8, 4) is 11.3 Å². The molecule has 5 heteroatoms. The van der Waals surface area contributed by atoms with Crippen molar-refractivity contribution in [1.82, 2.24) is 9.97 Å². The summed E-state index contributed by atoms with van der Waals surface area (Å²) < 4.78 is 0. The highest BCUT2D eigenvalue weighted by Gasteiger charge is 2.11. The summed E-state index contributed by atoms with van der Waals surface area (Å²) in [5.74, 6) is 0. The van der Waals surface area contributed by atoms with Gasteiger partial charge < -0.3 is 10.7 Å². The first kappa shape index (κ1) is 12.7. The van der Waals surface area contributed by atoms with E-state index in [0.717, 1.165) is 5.56 Å². The van der Waals surface area contributed by atoms with Crippen molar-refractivity contribution < 1.29 is 0 Å². The van der Waals surface area contributed by atoms with Crippen LogP contribution in [0, 0.1) is 6.92 Å². The first-order valence-electron chi connectivity index (χ1n) is 6.11. The second kappa shape index (κ2) is 4.65. The molecule has 0 amide bonds. The van der Waals surface area contributed by atoms with Gasteiger partial charge in [0, 0.05) is 16.3 Å². The Kier molecular flexibility index (Phi) is 2.95. The highest BCUT2D eigenvalue weighted by atomic mass is 35.5. The van der Waals surface area contributed by atoms with E-state index in [1.165, 1.54) is 0 Å². The van der Waals surface area contributed by atoms with Gasteiger partial charge in [0.05, 0.1) is 11.0 Å². The molecule has 20 heavy (non-hydrogen) atoms. The van der Waals surface area contributed by atoms with Crippen LogP contribution >= 0.6 is 11.6 Å². The van der Waals surface area contributed by atoms with E-state index < -0.39 is 0 Å². The molecule has 0 fully saturated rings. The van der Waals surface area contributed by atoms with E-state index in [9.17, 15) is 4.79 Å². The summed E-state index contributed by atoms with van der Waals surface area (Å²) in [5, 5.41) is 0.513. The number of hydrogen-bond acceptors (Lipinski definition) is 3. The van der Waals surface area contributed by atoms with Crippen molar-refractivity contribution in [2.75, 3.05) is 5.73 Å². The summed E-state index contributed by atoms with van der Waals surface area (Å²) in [6.45, 7) is 1.96. The highest BCUT2D eigenvalue weighted by Crippen LogP contribution is 2.26. The van der Waals surface area contributed by atoms with E-state index in [4.69, 9.17) is 17.3 Å². The molecule has 0 atom stereocenters. The molecule has 100 valence electrons. The smallest absolute Gasteiger partial charge is 0.275 e. The number of aromatic amines is 1. The fourth-order valence-electron chi connectivity index (χ4n) is 2.12. The van der Waals surface area contributed by atoms with Crippen LogP contribution in [0.5, 0.6) is 0 Å². The molecule has 0 aliphatic heterocycles. The first-order valence-corrected chi connectivity index (χ1v) is 6.48. The molecular weight excluding hydrogens is 274 g/mol. The highest BCUT2D eigenvalue weighted by molar-refractivity contribution is 6.31. The Labute approximate surface area is 120 Å². The van der Waals surface area contributed by atoms with Crippen molar-refractivity contribution in [3.63, 3.8) is 0 Å². The van der Waals surface area contributed by atoms with Gasteiger partial charge in [-0.1, -0.05) is 17.7 Å². The molecule has 3 rings (SSSR count). The van der Waals surface area contributed by atoms with Crippen molar-refractivity contribution >= 4 is 28.3 Å². The maximum absolute atomic E-state index is 12.2. The number of H-pyrrole nitrogens is 1. The number of rotatable bonds is 1. The van der Waals surface area contributed by atoms with Gasteiger partial charge in [0.15, 0.2) is 0 Å². The summed E-state index contributed by atoms with van der Waals surface area (Å²) >= 11 is 5.96. The standard InChI is InChI=1S/C15H12ClN3O/c1-8-2-5-12-13(6-8)19-15(20)14(18-12)10-7-9(16)3-4-11(10)17/h2-7H,17H2,1H3,(H,19,20). The first-order chi connectivity index (χ1) is 9.54. The number of nitrogen functional groups attached to an aromatic ring is 1. The number of nitrogens with two attached hydrogens (primary N) is 1. The molecule has 0 spiro atoms. The Hall–Kier alpha value is -2.33. The van der Waals surface area contributed by atoms with Gasteiger partial charge in [-0.3, -0.25) is 4.79 Å². The number of aryl methyl sites for hydroxylation is 1. The summed E-state index contributed by atoms with van der Waals surface area (Å²) in [5.41, 5.74) is 9.40. The molecule has 0 saturated heterocycles.